The normalized spacial score (nSPS) is 11.9. The molecule has 2 aromatic carbocycles. The second kappa shape index (κ2) is 7.36. The Morgan fingerprint density at radius 3 is 2.33 bits per heavy atom. The van der Waals surface area contributed by atoms with Crippen molar-refractivity contribution in [3.05, 3.63) is 60.6 Å². The number of ether oxygens (including phenoxy) is 1. The van der Waals surface area contributed by atoms with Crippen LogP contribution in [0.25, 0.3) is 28.6 Å². The summed E-state index contributed by atoms with van der Waals surface area (Å²) >= 11 is 0. The fourth-order valence-corrected chi connectivity index (χ4v) is 3.37. The van der Waals surface area contributed by atoms with E-state index in [0.29, 0.717) is 11.3 Å². The Bertz CT molecular complexity index is 1100. The molecular weight excluding hydrogens is 367 g/mol. The lowest BCUT2D eigenvalue weighted by Crippen LogP contribution is -1.96. The van der Waals surface area contributed by atoms with Crippen molar-refractivity contribution in [1.82, 2.24) is 9.78 Å². The van der Waals surface area contributed by atoms with Crippen molar-refractivity contribution in [3.63, 3.8) is 0 Å². The van der Waals surface area contributed by atoms with Crippen molar-refractivity contribution in [3.8, 4) is 28.1 Å². The summed E-state index contributed by atoms with van der Waals surface area (Å²) in [6.07, 6.45) is 6.56. The molecule has 0 amide bonds. The van der Waals surface area contributed by atoms with Crippen LogP contribution in [0, 0.1) is 5.82 Å². The Hall–Kier alpha value is -2.93. The average molecular weight is 386 g/mol. The largest absolute Gasteiger partial charge is 0.494 e. The third-order valence-corrected chi connectivity index (χ3v) is 5.18. The molecule has 1 heterocycles. The molecule has 0 bridgehead atoms. The molecule has 1 aromatic heterocycles. The van der Waals surface area contributed by atoms with Gasteiger partial charge in [0.2, 0.25) is 0 Å². The number of hydrogen-bond donors (Lipinski definition) is 0. The maximum Gasteiger partial charge on any atom is 0.175 e. The molecule has 5 nitrogen and oxygen atoms in total. The molecule has 0 fully saturated rings. The van der Waals surface area contributed by atoms with E-state index in [0.717, 1.165) is 17.4 Å². The highest BCUT2D eigenvalue weighted by Gasteiger charge is 2.16. The minimum Gasteiger partial charge on any atom is -0.494 e. The third kappa shape index (κ3) is 3.93. The Kier molecular flexibility index (Phi) is 5.14. The van der Waals surface area contributed by atoms with Gasteiger partial charge in [-0.1, -0.05) is 24.3 Å². The molecule has 7 heteroatoms. The number of hydrogen-bond acceptors (Lipinski definition) is 4. The topological polar surface area (TPSA) is 61.2 Å². The summed E-state index contributed by atoms with van der Waals surface area (Å²) in [7, 11) is -1.87. The summed E-state index contributed by atoms with van der Waals surface area (Å²) in [5.74, 6) is -0.300. The van der Waals surface area contributed by atoms with E-state index in [4.69, 9.17) is 4.74 Å². The van der Waals surface area contributed by atoms with Crippen LogP contribution in [0.3, 0.4) is 0 Å². The van der Waals surface area contributed by atoms with E-state index >= 15 is 0 Å². The number of sulfone groups is 1. The highest BCUT2D eigenvalue weighted by molar-refractivity contribution is 7.90. The molecule has 3 aromatic rings. The molecule has 0 radical (unpaired) electrons. The first-order valence-electron chi connectivity index (χ1n) is 8.20. The number of methoxy groups -OCH3 is 1. The maximum absolute atomic E-state index is 14.2. The molecular formula is C20H19FN2O3S. The number of nitrogens with zero attached hydrogens (tertiary/aromatic N) is 2. The van der Waals surface area contributed by atoms with Gasteiger partial charge >= 0.3 is 0 Å². The van der Waals surface area contributed by atoms with Crippen molar-refractivity contribution < 1.29 is 17.5 Å². The first-order chi connectivity index (χ1) is 12.8. The zero-order valence-corrected chi connectivity index (χ0v) is 16.0. The predicted octanol–water partition coefficient (Wildman–Crippen LogP) is 4.26. The van der Waals surface area contributed by atoms with Crippen LogP contribution >= 0.6 is 0 Å². The smallest absolute Gasteiger partial charge is 0.175 e. The first kappa shape index (κ1) is 18.8. The first-order valence-corrected chi connectivity index (χ1v) is 10.1. The van der Waals surface area contributed by atoms with Crippen LogP contribution in [0.5, 0.6) is 5.75 Å². The van der Waals surface area contributed by atoms with Gasteiger partial charge in [-0.25, -0.2) is 17.5 Å². The standard InChI is InChI=1S/C20H19FN2O3S/c1-4-11-23-13-17(15-7-10-19(26-2)18(21)12-15)20(22-23)14-5-8-16(9-6-14)27(3,24)25/h4-13H,1-3H3. The van der Waals surface area contributed by atoms with E-state index in [2.05, 4.69) is 5.10 Å². The van der Waals surface area contributed by atoms with Gasteiger partial charge in [-0.2, -0.15) is 5.10 Å². The Morgan fingerprint density at radius 2 is 1.78 bits per heavy atom. The summed E-state index contributed by atoms with van der Waals surface area (Å²) in [5, 5.41) is 4.54. The number of aromatic nitrogens is 2. The molecule has 0 aliphatic heterocycles. The van der Waals surface area contributed by atoms with E-state index in [1.807, 2.05) is 13.0 Å². The molecule has 140 valence electrons. The summed E-state index contributed by atoms with van der Waals surface area (Å²) in [5.41, 5.74) is 2.72. The Labute approximate surface area is 157 Å². The summed E-state index contributed by atoms with van der Waals surface area (Å²) in [4.78, 5) is 0.233. The van der Waals surface area contributed by atoms with Crippen LogP contribution < -0.4 is 4.74 Å². The molecule has 0 aliphatic rings. The molecule has 0 saturated heterocycles. The van der Waals surface area contributed by atoms with E-state index in [1.54, 1.807) is 41.3 Å². The van der Waals surface area contributed by atoms with E-state index in [-0.39, 0.29) is 10.6 Å². The Morgan fingerprint density at radius 1 is 1.11 bits per heavy atom. The predicted molar refractivity (Wildman–Crippen MR) is 104 cm³/mol. The van der Waals surface area contributed by atoms with Crippen molar-refractivity contribution >= 4 is 16.0 Å². The SMILES string of the molecule is CC=Cn1cc(-c2ccc(OC)c(F)c2)c(-c2ccc(S(C)(=O)=O)cc2)n1. The lowest BCUT2D eigenvalue weighted by molar-refractivity contribution is 0.386. The van der Waals surface area contributed by atoms with Crippen LogP contribution in [-0.4, -0.2) is 31.6 Å². The van der Waals surface area contributed by atoms with Gasteiger partial charge in [-0.15, -0.1) is 0 Å². The minimum atomic E-state index is -3.28. The lowest BCUT2D eigenvalue weighted by Gasteiger charge is -2.06. The van der Waals surface area contributed by atoms with Gasteiger partial charge in [-0.3, -0.25) is 0 Å². The highest BCUT2D eigenvalue weighted by atomic mass is 32.2. The van der Waals surface area contributed by atoms with Crippen molar-refractivity contribution in [2.24, 2.45) is 0 Å². The van der Waals surface area contributed by atoms with Gasteiger partial charge in [0.15, 0.2) is 21.4 Å². The number of halogens is 1. The fraction of sp³-hybridized carbons (Fsp3) is 0.150. The van der Waals surface area contributed by atoms with Crippen molar-refractivity contribution in [2.45, 2.75) is 11.8 Å². The quantitative estimate of drug-likeness (QED) is 0.657. The average Bonchev–Trinajstić information content (AvgIpc) is 3.05. The van der Waals surface area contributed by atoms with Gasteiger partial charge in [0.25, 0.3) is 0 Å². The lowest BCUT2D eigenvalue weighted by atomic mass is 10.0. The van der Waals surface area contributed by atoms with Crippen LogP contribution in [0.2, 0.25) is 0 Å². The van der Waals surface area contributed by atoms with Crippen molar-refractivity contribution in [2.75, 3.05) is 13.4 Å². The van der Waals surface area contributed by atoms with Gasteiger partial charge in [0.05, 0.1) is 12.0 Å². The van der Waals surface area contributed by atoms with Crippen LogP contribution in [0.1, 0.15) is 6.92 Å². The number of allylic oxidation sites excluding steroid dienone is 1. The molecule has 0 spiro atoms. The zero-order valence-electron chi connectivity index (χ0n) is 15.2. The highest BCUT2D eigenvalue weighted by Crippen LogP contribution is 2.33. The third-order valence-electron chi connectivity index (χ3n) is 4.05. The van der Waals surface area contributed by atoms with E-state index < -0.39 is 15.7 Å². The van der Waals surface area contributed by atoms with Gasteiger partial charge in [-0.05, 0) is 36.8 Å². The fourth-order valence-electron chi connectivity index (χ4n) is 2.74. The second-order valence-corrected chi connectivity index (χ2v) is 8.02. The molecule has 0 aliphatic carbocycles. The summed E-state index contributed by atoms with van der Waals surface area (Å²) < 4.78 is 44.1. The van der Waals surface area contributed by atoms with Gasteiger partial charge in [0, 0.05) is 29.8 Å². The molecule has 3 rings (SSSR count). The molecule has 0 N–H and O–H groups in total. The van der Waals surface area contributed by atoms with Crippen LogP contribution in [-0.2, 0) is 9.84 Å². The van der Waals surface area contributed by atoms with Crippen LogP contribution in [0.4, 0.5) is 4.39 Å². The molecule has 27 heavy (non-hydrogen) atoms. The number of rotatable bonds is 5. The zero-order chi connectivity index (χ0) is 19.6. The Balaban J connectivity index is 2.14. The van der Waals surface area contributed by atoms with Crippen LogP contribution in [0.15, 0.2) is 59.6 Å². The second-order valence-electron chi connectivity index (χ2n) is 6.00. The minimum absolute atomic E-state index is 0.165. The monoisotopic (exact) mass is 386 g/mol. The molecule has 0 unspecified atom stereocenters. The van der Waals surface area contributed by atoms with E-state index in [1.165, 1.54) is 25.3 Å². The number of benzene rings is 2. The van der Waals surface area contributed by atoms with E-state index in [9.17, 15) is 12.8 Å². The van der Waals surface area contributed by atoms with Gasteiger partial charge in [0.1, 0.15) is 5.69 Å². The maximum atomic E-state index is 14.2. The molecule has 0 atom stereocenters. The summed E-state index contributed by atoms with van der Waals surface area (Å²) in [6, 6.07) is 11.2. The molecule has 0 saturated carbocycles. The summed E-state index contributed by atoms with van der Waals surface area (Å²) in [6.45, 7) is 1.87. The van der Waals surface area contributed by atoms with Gasteiger partial charge < -0.3 is 4.74 Å². The van der Waals surface area contributed by atoms with Crippen molar-refractivity contribution in [1.29, 1.82) is 0 Å².